The fourth-order valence-corrected chi connectivity index (χ4v) is 3.01. The zero-order valence-electron chi connectivity index (χ0n) is 15.3. The maximum atomic E-state index is 12.6. The highest BCUT2D eigenvalue weighted by molar-refractivity contribution is 5.88. The van der Waals surface area contributed by atoms with Crippen LogP contribution in [0.1, 0.15) is 19.2 Å². The summed E-state index contributed by atoms with van der Waals surface area (Å²) in [5, 5.41) is 2.89. The molecule has 1 unspecified atom stereocenters. The molecule has 2 aromatic rings. The number of nitrogens with one attached hydrogen (secondary N) is 1. The monoisotopic (exact) mass is 355 g/mol. The van der Waals surface area contributed by atoms with E-state index in [2.05, 4.69) is 34.2 Å². The van der Waals surface area contributed by atoms with Gasteiger partial charge in [-0.2, -0.15) is 0 Å². The summed E-state index contributed by atoms with van der Waals surface area (Å²) in [6, 6.07) is 11.3. The molecule has 0 bridgehead atoms. The van der Waals surface area contributed by atoms with E-state index in [1.54, 1.807) is 12.3 Å². The van der Waals surface area contributed by atoms with Crippen LogP contribution in [0.5, 0.6) is 5.75 Å². The van der Waals surface area contributed by atoms with Crippen molar-refractivity contribution in [2.45, 2.75) is 26.0 Å². The Bertz CT molecular complexity index is 725. The molecule has 26 heavy (non-hydrogen) atoms. The summed E-state index contributed by atoms with van der Waals surface area (Å²) in [6.07, 6.45) is 2.56. The molecule has 0 saturated carbocycles. The molecule has 1 N–H and O–H groups in total. The van der Waals surface area contributed by atoms with Crippen molar-refractivity contribution >= 4 is 11.8 Å². The number of aromatic nitrogens is 2. The molecular formula is C19H25N5O2. The lowest BCUT2D eigenvalue weighted by atomic mass is 10.1. The zero-order chi connectivity index (χ0) is 18.4. The summed E-state index contributed by atoms with van der Waals surface area (Å²) >= 11 is 0. The van der Waals surface area contributed by atoms with E-state index in [1.807, 2.05) is 35.2 Å². The number of benzene rings is 1. The van der Waals surface area contributed by atoms with Crippen molar-refractivity contribution < 1.29 is 9.53 Å². The third kappa shape index (κ3) is 4.70. The summed E-state index contributed by atoms with van der Waals surface area (Å²) in [4.78, 5) is 25.4. The minimum Gasteiger partial charge on any atom is -0.486 e. The summed E-state index contributed by atoms with van der Waals surface area (Å²) < 4.78 is 5.66. The Morgan fingerprint density at radius 3 is 2.85 bits per heavy atom. The molecule has 0 radical (unpaired) electrons. The molecule has 1 aliphatic rings. The Kier molecular flexibility index (Phi) is 6.01. The van der Waals surface area contributed by atoms with Gasteiger partial charge in [-0.25, -0.2) is 14.8 Å². The van der Waals surface area contributed by atoms with E-state index in [4.69, 9.17) is 4.74 Å². The van der Waals surface area contributed by atoms with Crippen LogP contribution >= 0.6 is 0 Å². The number of urea groups is 1. The van der Waals surface area contributed by atoms with Crippen molar-refractivity contribution in [3.8, 4) is 5.75 Å². The highest BCUT2D eigenvalue weighted by Gasteiger charge is 2.27. The average molecular weight is 355 g/mol. The number of ether oxygens (including phenoxy) is 1. The van der Waals surface area contributed by atoms with Crippen molar-refractivity contribution in [1.29, 1.82) is 0 Å². The SMILES string of the molecule is CCC1CN(C)CCN1C(=O)Nc1ccnc(COc2ccccc2)n1. The zero-order valence-corrected chi connectivity index (χ0v) is 15.3. The van der Waals surface area contributed by atoms with Crippen LogP contribution in [-0.2, 0) is 6.61 Å². The topological polar surface area (TPSA) is 70.6 Å². The highest BCUT2D eigenvalue weighted by Crippen LogP contribution is 2.14. The summed E-state index contributed by atoms with van der Waals surface area (Å²) in [5.74, 6) is 1.77. The molecule has 2 amide bonds. The number of piperazine rings is 1. The van der Waals surface area contributed by atoms with Crippen molar-refractivity contribution in [2.24, 2.45) is 0 Å². The predicted octanol–water partition coefficient (Wildman–Crippen LogP) is 2.61. The van der Waals surface area contributed by atoms with Crippen LogP contribution in [0.25, 0.3) is 0 Å². The number of rotatable bonds is 5. The first-order chi connectivity index (χ1) is 12.7. The molecule has 1 fully saturated rings. The first-order valence-electron chi connectivity index (χ1n) is 8.91. The Balaban J connectivity index is 1.60. The minimum absolute atomic E-state index is 0.112. The number of anilines is 1. The number of carbonyl (C=O) groups excluding carboxylic acids is 1. The number of para-hydroxylation sites is 1. The molecule has 0 aliphatic carbocycles. The van der Waals surface area contributed by atoms with E-state index in [1.165, 1.54) is 0 Å². The van der Waals surface area contributed by atoms with Gasteiger partial charge in [0.15, 0.2) is 5.82 Å². The second kappa shape index (κ2) is 8.62. The van der Waals surface area contributed by atoms with E-state index in [9.17, 15) is 4.79 Å². The first-order valence-corrected chi connectivity index (χ1v) is 8.91. The van der Waals surface area contributed by atoms with Gasteiger partial charge in [-0.05, 0) is 31.7 Å². The molecule has 1 saturated heterocycles. The molecule has 7 heteroatoms. The molecule has 3 rings (SSSR count). The smallest absolute Gasteiger partial charge is 0.323 e. The number of hydrogen-bond donors (Lipinski definition) is 1. The summed E-state index contributed by atoms with van der Waals surface area (Å²) in [6.45, 7) is 4.84. The molecule has 1 aromatic heterocycles. The number of likely N-dealkylation sites (N-methyl/N-ethyl adjacent to an activating group) is 1. The van der Waals surface area contributed by atoms with Crippen molar-refractivity contribution in [2.75, 3.05) is 32.0 Å². The normalized spacial score (nSPS) is 17.8. The molecule has 1 aliphatic heterocycles. The van der Waals surface area contributed by atoms with Crippen molar-refractivity contribution in [3.63, 3.8) is 0 Å². The quantitative estimate of drug-likeness (QED) is 0.893. The predicted molar refractivity (Wildman–Crippen MR) is 100 cm³/mol. The third-order valence-electron chi connectivity index (χ3n) is 4.47. The minimum atomic E-state index is -0.112. The van der Waals surface area contributed by atoms with Gasteiger partial charge in [0.1, 0.15) is 18.2 Å². The largest absolute Gasteiger partial charge is 0.486 e. The Hall–Kier alpha value is -2.67. The molecule has 138 valence electrons. The Morgan fingerprint density at radius 1 is 1.27 bits per heavy atom. The standard InChI is InChI=1S/C19H25N5O2/c1-3-15-13-23(2)11-12-24(15)19(25)22-17-9-10-20-18(21-17)14-26-16-7-5-4-6-8-16/h4-10,15H,3,11-14H2,1-2H3,(H,20,21,22,25). The third-order valence-corrected chi connectivity index (χ3v) is 4.47. The van der Waals surface area contributed by atoms with Gasteiger partial charge >= 0.3 is 6.03 Å². The summed E-state index contributed by atoms with van der Waals surface area (Å²) in [5.41, 5.74) is 0. The molecule has 7 nitrogen and oxygen atoms in total. The molecule has 0 spiro atoms. The fraction of sp³-hybridized carbons (Fsp3) is 0.421. The van der Waals surface area contributed by atoms with Gasteiger partial charge < -0.3 is 14.5 Å². The summed E-state index contributed by atoms with van der Waals surface area (Å²) in [7, 11) is 2.08. The van der Waals surface area contributed by atoms with Crippen LogP contribution in [-0.4, -0.2) is 58.5 Å². The lowest BCUT2D eigenvalue weighted by molar-refractivity contribution is 0.114. The second-order valence-corrected chi connectivity index (χ2v) is 6.41. The lowest BCUT2D eigenvalue weighted by Crippen LogP contribution is -2.55. The first kappa shape index (κ1) is 18.1. The van der Waals surface area contributed by atoms with E-state index in [-0.39, 0.29) is 18.7 Å². The van der Waals surface area contributed by atoms with Gasteiger partial charge in [-0.1, -0.05) is 25.1 Å². The van der Waals surface area contributed by atoms with Crippen molar-refractivity contribution in [1.82, 2.24) is 19.8 Å². The fourth-order valence-electron chi connectivity index (χ4n) is 3.01. The van der Waals surface area contributed by atoms with E-state index < -0.39 is 0 Å². The van der Waals surface area contributed by atoms with E-state index in [0.29, 0.717) is 11.6 Å². The van der Waals surface area contributed by atoms with E-state index >= 15 is 0 Å². The van der Waals surface area contributed by atoms with Gasteiger partial charge in [0.05, 0.1) is 0 Å². The maximum absolute atomic E-state index is 12.6. The van der Waals surface area contributed by atoms with Crippen LogP contribution in [0.4, 0.5) is 10.6 Å². The van der Waals surface area contributed by atoms with Crippen LogP contribution < -0.4 is 10.1 Å². The molecule has 1 atom stereocenters. The van der Waals surface area contributed by atoms with Gasteiger partial charge in [-0.3, -0.25) is 5.32 Å². The molecule has 1 aromatic carbocycles. The van der Waals surface area contributed by atoms with Gasteiger partial charge in [0.25, 0.3) is 0 Å². The van der Waals surface area contributed by atoms with Gasteiger partial charge in [0, 0.05) is 31.9 Å². The Labute approximate surface area is 154 Å². The van der Waals surface area contributed by atoms with E-state index in [0.717, 1.165) is 31.8 Å². The average Bonchev–Trinajstić information content (AvgIpc) is 2.67. The van der Waals surface area contributed by atoms with Crippen LogP contribution in [0.2, 0.25) is 0 Å². The molecular weight excluding hydrogens is 330 g/mol. The van der Waals surface area contributed by atoms with Crippen LogP contribution in [0, 0.1) is 0 Å². The number of carbonyl (C=O) groups is 1. The van der Waals surface area contributed by atoms with Crippen LogP contribution in [0.3, 0.4) is 0 Å². The lowest BCUT2D eigenvalue weighted by Gasteiger charge is -2.39. The van der Waals surface area contributed by atoms with Crippen molar-refractivity contribution in [3.05, 3.63) is 48.4 Å². The van der Waals surface area contributed by atoms with Gasteiger partial charge in [0.2, 0.25) is 0 Å². The van der Waals surface area contributed by atoms with Crippen LogP contribution in [0.15, 0.2) is 42.6 Å². The number of amides is 2. The Morgan fingerprint density at radius 2 is 2.08 bits per heavy atom. The second-order valence-electron chi connectivity index (χ2n) is 6.41. The highest BCUT2D eigenvalue weighted by atomic mass is 16.5. The number of hydrogen-bond acceptors (Lipinski definition) is 5. The maximum Gasteiger partial charge on any atom is 0.323 e. The number of nitrogens with zero attached hydrogens (tertiary/aromatic N) is 4. The van der Waals surface area contributed by atoms with Gasteiger partial charge in [-0.15, -0.1) is 0 Å². The molecule has 2 heterocycles.